The van der Waals surface area contributed by atoms with E-state index in [0.29, 0.717) is 25.9 Å². The number of esters is 2. The van der Waals surface area contributed by atoms with E-state index in [1.165, 1.54) is 0 Å². The number of carbonyl (C=O) groups is 2. The van der Waals surface area contributed by atoms with Gasteiger partial charge in [0.1, 0.15) is 12.4 Å². The molecule has 5 heteroatoms. The van der Waals surface area contributed by atoms with E-state index in [0.717, 1.165) is 16.9 Å². The van der Waals surface area contributed by atoms with Crippen LogP contribution in [-0.2, 0) is 32.1 Å². The summed E-state index contributed by atoms with van der Waals surface area (Å²) >= 11 is 0. The Morgan fingerprint density at radius 2 is 1.38 bits per heavy atom. The Morgan fingerprint density at radius 1 is 0.793 bits per heavy atom. The molecule has 0 amide bonds. The molecule has 0 saturated carbocycles. The van der Waals surface area contributed by atoms with Gasteiger partial charge in [-0.05, 0) is 56.4 Å². The first-order valence-corrected chi connectivity index (χ1v) is 10.2. The number of carbonyl (C=O) groups excluding carboxylic acids is 2. The third kappa shape index (κ3) is 6.08. The molecule has 0 heterocycles. The molecule has 0 aliphatic heterocycles. The zero-order valence-electron chi connectivity index (χ0n) is 17.5. The van der Waals surface area contributed by atoms with Crippen LogP contribution in [0.15, 0.2) is 54.6 Å². The first kappa shape index (κ1) is 22.5. The first-order valence-electron chi connectivity index (χ1n) is 10.2. The molecule has 0 radical (unpaired) electrons. The smallest absolute Gasteiger partial charge is 0.323 e. The van der Waals surface area contributed by atoms with Gasteiger partial charge in [0.25, 0.3) is 0 Å². The van der Waals surface area contributed by atoms with Crippen LogP contribution in [-0.4, -0.2) is 25.2 Å². The molecule has 0 fully saturated rings. The summed E-state index contributed by atoms with van der Waals surface area (Å²) in [5, 5.41) is 0. The molecule has 0 N–H and O–H groups in total. The predicted molar refractivity (Wildman–Crippen MR) is 112 cm³/mol. The number of aryl methyl sites for hydroxylation is 1. The van der Waals surface area contributed by atoms with Gasteiger partial charge in [0, 0.05) is 0 Å². The fourth-order valence-electron chi connectivity index (χ4n) is 3.14. The van der Waals surface area contributed by atoms with Crippen molar-refractivity contribution in [2.24, 2.45) is 5.41 Å². The summed E-state index contributed by atoms with van der Waals surface area (Å²) in [5.74, 6) is -0.248. The topological polar surface area (TPSA) is 61.8 Å². The van der Waals surface area contributed by atoms with Crippen LogP contribution in [0.1, 0.15) is 44.7 Å². The van der Waals surface area contributed by atoms with Crippen molar-refractivity contribution in [3.63, 3.8) is 0 Å². The summed E-state index contributed by atoms with van der Waals surface area (Å²) in [7, 11) is 0. The molecule has 0 unspecified atom stereocenters. The van der Waals surface area contributed by atoms with Gasteiger partial charge in [-0.1, -0.05) is 49.4 Å². The van der Waals surface area contributed by atoms with Gasteiger partial charge >= 0.3 is 11.9 Å². The van der Waals surface area contributed by atoms with Crippen LogP contribution in [0.5, 0.6) is 5.75 Å². The maximum absolute atomic E-state index is 12.6. The second-order valence-electron chi connectivity index (χ2n) is 6.79. The second-order valence-corrected chi connectivity index (χ2v) is 6.79. The van der Waals surface area contributed by atoms with Crippen LogP contribution in [0.25, 0.3) is 0 Å². The molecule has 2 rings (SSSR count). The highest BCUT2D eigenvalue weighted by Gasteiger charge is 2.46. The zero-order valence-corrected chi connectivity index (χ0v) is 17.5. The highest BCUT2D eigenvalue weighted by Crippen LogP contribution is 2.32. The maximum atomic E-state index is 12.6. The lowest BCUT2D eigenvalue weighted by Gasteiger charge is -2.28. The summed E-state index contributed by atoms with van der Waals surface area (Å²) in [6.07, 6.45) is 1.23. The van der Waals surface area contributed by atoms with E-state index in [9.17, 15) is 9.59 Å². The summed E-state index contributed by atoms with van der Waals surface area (Å²) in [6.45, 7) is 6.25. The Morgan fingerprint density at radius 3 is 1.90 bits per heavy atom. The average molecular weight is 398 g/mol. The quantitative estimate of drug-likeness (QED) is 0.405. The van der Waals surface area contributed by atoms with Crippen molar-refractivity contribution in [3.8, 4) is 5.75 Å². The minimum atomic E-state index is -1.27. The number of ether oxygens (including phenoxy) is 3. The zero-order chi connectivity index (χ0) is 21.1. The Bertz CT molecular complexity index is 750. The standard InChI is InChI=1S/C24H30O5/c1-4-24(22(25)27-5-2,23(26)28-6-3)17-16-19-12-14-21(15-13-19)29-18-20-10-8-7-9-11-20/h7-15H,4-6,16-18H2,1-3H3. The minimum absolute atomic E-state index is 0.230. The number of hydrogen-bond acceptors (Lipinski definition) is 5. The van der Waals surface area contributed by atoms with Crippen molar-refractivity contribution in [3.05, 3.63) is 65.7 Å². The van der Waals surface area contributed by atoms with Gasteiger partial charge in [-0.15, -0.1) is 0 Å². The Kier molecular flexibility index (Phi) is 8.71. The van der Waals surface area contributed by atoms with Crippen molar-refractivity contribution in [1.29, 1.82) is 0 Å². The van der Waals surface area contributed by atoms with Gasteiger partial charge in [0.05, 0.1) is 13.2 Å². The predicted octanol–water partition coefficient (Wildman–Crippen LogP) is 4.72. The lowest BCUT2D eigenvalue weighted by Crippen LogP contribution is -2.42. The summed E-state index contributed by atoms with van der Waals surface area (Å²) < 4.78 is 16.2. The lowest BCUT2D eigenvalue weighted by molar-refractivity contribution is -0.173. The molecule has 0 aliphatic rings. The molecule has 0 aromatic heterocycles. The summed E-state index contributed by atoms with van der Waals surface area (Å²) in [6, 6.07) is 17.7. The van der Waals surface area contributed by atoms with Crippen LogP contribution >= 0.6 is 0 Å². The average Bonchev–Trinajstić information content (AvgIpc) is 2.75. The van der Waals surface area contributed by atoms with Gasteiger partial charge < -0.3 is 14.2 Å². The molecule has 2 aromatic carbocycles. The fourth-order valence-corrected chi connectivity index (χ4v) is 3.14. The van der Waals surface area contributed by atoms with Crippen LogP contribution in [0.2, 0.25) is 0 Å². The summed E-state index contributed by atoms with van der Waals surface area (Å²) in [4.78, 5) is 25.1. The van der Waals surface area contributed by atoms with E-state index in [1.807, 2.05) is 61.5 Å². The number of benzene rings is 2. The molecular weight excluding hydrogens is 368 g/mol. The van der Waals surface area contributed by atoms with Gasteiger partial charge in [-0.25, -0.2) is 0 Å². The van der Waals surface area contributed by atoms with E-state index >= 15 is 0 Å². The SMILES string of the molecule is CCOC(=O)C(CC)(CCc1ccc(OCc2ccccc2)cc1)C(=O)OCC. The largest absolute Gasteiger partial charge is 0.489 e. The van der Waals surface area contributed by atoms with E-state index < -0.39 is 17.4 Å². The van der Waals surface area contributed by atoms with Gasteiger partial charge in [-0.2, -0.15) is 0 Å². The summed E-state index contributed by atoms with van der Waals surface area (Å²) in [5.41, 5.74) is 0.853. The van der Waals surface area contributed by atoms with E-state index in [4.69, 9.17) is 14.2 Å². The number of rotatable bonds is 11. The molecule has 29 heavy (non-hydrogen) atoms. The van der Waals surface area contributed by atoms with Gasteiger partial charge in [0.15, 0.2) is 5.41 Å². The molecule has 0 spiro atoms. The van der Waals surface area contributed by atoms with E-state index in [-0.39, 0.29) is 13.2 Å². The normalized spacial score (nSPS) is 11.0. The molecule has 0 saturated heterocycles. The maximum Gasteiger partial charge on any atom is 0.323 e. The van der Waals surface area contributed by atoms with Crippen molar-refractivity contribution in [2.75, 3.05) is 13.2 Å². The second kappa shape index (κ2) is 11.2. The van der Waals surface area contributed by atoms with E-state index in [1.54, 1.807) is 13.8 Å². The number of hydrogen-bond donors (Lipinski definition) is 0. The van der Waals surface area contributed by atoms with Crippen LogP contribution in [0.3, 0.4) is 0 Å². The lowest BCUT2D eigenvalue weighted by atomic mass is 9.79. The fraction of sp³-hybridized carbons (Fsp3) is 0.417. The highest BCUT2D eigenvalue weighted by molar-refractivity contribution is 6.00. The van der Waals surface area contributed by atoms with Crippen molar-refractivity contribution in [2.45, 2.75) is 46.6 Å². The van der Waals surface area contributed by atoms with Gasteiger partial charge in [0.2, 0.25) is 0 Å². The third-order valence-electron chi connectivity index (χ3n) is 4.95. The molecule has 156 valence electrons. The molecule has 0 bridgehead atoms. The van der Waals surface area contributed by atoms with Crippen molar-refractivity contribution < 1.29 is 23.8 Å². The Balaban J connectivity index is 2.02. The third-order valence-corrected chi connectivity index (χ3v) is 4.95. The Hall–Kier alpha value is -2.82. The first-order chi connectivity index (χ1) is 14.1. The van der Waals surface area contributed by atoms with Gasteiger partial charge in [-0.3, -0.25) is 9.59 Å². The molecular formula is C24H30O5. The van der Waals surface area contributed by atoms with Crippen LogP contribution < -0.4 is 4.74 Å². The molecule has 2 aromatic rings. The van der Waals surface area contributed by atoms with Crippen molar-refractivity contribution >= 4 is 11.9 Å². The Labute approximate surface area is 173 Å². The molecule has 0 atom stereocenters. The van der Waals surface area contributed by atoms with Crippen molar-refractivity contribution in [1.82, 2.24) is 0 Å². The minimum Gasteiger partial charge on any atom is -0.489 e. The highest BCUT2D eigenvalue weighted by atomic mass is 16.6. The molecule has 0 aliphatic carbocycles. The van der Waals surface area contributed by atoms with Crippen LogP contribution in [0, 0.1) is 5.41 Å². The monoisotopic (exact) mass is 398 g/mol. The van der Waals surface area contributed by atoms with Crippen LogP contribution in [0.4, 0.5) is 0 Å². The van der Waals surface area contributed by atoms with E-state index in [2.05, 4.69) is 0 Å². The molecule has 5 nitrogen and oxygen atoms in total.